The molecule has 1 amide bonds. The van der Waals surface area contributed by atoms with Gasteiger partial charge in [-0.2, -0.15) is 0 Å². The summed E-state index contributed by atoms with van der Waals surface area (Å²) in [7, 11) is 0. The molecule has 0 saturated heterocycles. The number of imidazole rings is 1. The van der Waals surface area contributed by atoms with Crippen molar-refractivity contribution in [2.75, 3.05) is 6.54 Å². The summed E-state index contributed by atoms with van der Waals surface area (Å²) in [5.74, 6) is -0.179. The highest BCUT2D eigenvalue weighted by Gasteiger charge is 2.09. The van der Waals surface area contributed by atoms with Crippen LogP contribution in [-0.4, -0.2) is 33.2 Å². The highest BCUT2D eigenvalue weighted by Crippen LogP contribution is 2.10. The molecule has 0 aliphatic rings. The Kier molecular flexibility index (Phi) is 4.90. The molecule has 1 heterocycles. The van der Waals surface area contributed by atoms with Gasteiger partial charge in [-0.1, -0.05) is 19.4 Å². The number of benzene rings is 1. The Morgan fingerprint density at radius 2 is 2.35 bits per heavy atom. The van der Waals surface area contributed by atoms with E-state index in [1.807, 2.05) is 29.8 Å². The third-order valence-corrected chi connectivity index (χ3v) is 3.03. The summed E-state index contributed by atoms with van der Waals surface area (Å²) < 4.78 is 1.84. The van der Waals surface area contributed by atoms with Gasteiger partial charge >= 0.3 is 0 Å². The molecule has 2 aromatic rings. The normalized spacial score (nSPS) is 12.1. The van der Waals surface area contributed by atoms with E-state index in [1.165, 1.54) is 0 Å². The molecule has 0 aliphatic heterocycles. The molecule has 0 radical (unpaired) electrons. The monoisotopic (exact) mass is 273 g/mol. The first kappa shape index (κ1) is 14.3. The standard InChI is InChI=1S/C15H19N3O2/c1-2-4-14(19)10-17-15(20)12-5-3-6-13(9-12)18-8-7-16-11-18/h3,5-9,11,14,19H,2,4,10H2,1H3,(H,17,20). The summed E-state index contributed by atoms with van der Waals surface area (Å²) >= 11 is 0. The van der Waals surface area contributed by atoms with Crippen LogP contribution in [0.25, 0.3) is 5.69 Å². The maximum atomic E-state index is 12.0. The fraction of sp³-hybridized carbons (Fsp3) is 0.333. The van der Waals surface area contributed by atoms with Crippen molar-refractivity contribution in [1.82, 2.24) is 14.9 Å². The average Bonchev–Trinajstić information content (AvgIpc) is 2.99. The molecule has 0 aliphatic carbocycles. The molecule has 1 aromatic heterocycles. The molecular weight excluding hydrogens is 254 g/mol. The van der Waals surface area contributed by atoms with Crippen LogP contribution in [-0.2, 0) is 0 Å². The smallest absolute Gasteiger partial charge is 0.251 e. The highest BCUT2D eigenvalue weighted by molar-refractivity contribution is 5.94. The Labute approximate surface area is 118 Å². The first-order valence-corrected chi connectivity index (χ1v) is 6.75. The van der Waals surface area contributed by atoms with Crippen molar-refractivity contribution in [1.29, 1.82) is 0 Å². The van der Waals surface area contributed by atoms with Gasteiger partial charge in [-0.3, -0.25) is 4.79 Å². The Hall–Kier alpha value is -2.14. The molecule has 1 atom stereocenters. The van der Waals surface area contributed by atoms with E-state index < -0.39 is 6.10 Å². The lowest BCUT2D eigenvalue weighted by Crippen LogP contribution is -2.32. The molecule has 2 N–H and O–H groups in total. The van der Waals surface area contributed by atoms with Gasteiger partial charge in [-0.25, -0.2) is 4.98 Å². The van der Waals surface area contributed by atoms with Gasteiger partial charge in [0, 0.05) is 30.2 Å². The van der Waals surface area contributed by atoms with Crippen molar-refractivity contribution in [3.8, 4) is 5.69 Å². The van der Waals surface area contributed by atoms with E-state index in [9.17, 15) is 9.90 Å². The second-order valence-corrected chi connectivity index (χ2v) is 4.67. The predicted molar refractivity (Wildman–Crippen MR) is 76.8 cm³/mol. The van der Waals surface area contributed by atoms with E-state index in [-0.39, 0.29) is 12.5 Å². The van der Waals surface area contributed by atoms with Crippen molar-refractivity contribution in [3.05, 3.63) is 48.5 Å². The highest BCUT2D eigenvalue weighted by atomic mass is 16.3. The summed E-state index contributed by atoms with van der Waals surface area (Å²) in [6.07, 6.45) is 6.29. The number of carbonyl (C=O) groups is 1. The molecule has 0 spiro atoms. The molecule has 106 valence electrons. The first-order valence-electron chi connectivity index (χ1n) is 6.75. The van der Waals surface area contributed by atoms with E-state index in [0.717, 1.165) is 12.1 Å². The number of nitrogens with zero attached hydrogens (tertiary/aromatic N) is 2. The lowest BCUT2D eigenvalue weighted by atomic mass is 10.1. The zero-order valence-corrected chi connectivity index (χ0v) is 11.5. The van der Waals surface area contributed by atoms with E-state index in [0.29, 0.717) is 12.0 Å². The van der Waals surface area contributed by atoms with E-state index in [2.05, 4.69) is 10.3 Å². The van der Waals surface area contributed by atoms with Crippen LogP contribution in [0.1, 0.15) is 30.1 Å². The minimum atomic E-state index is -0.485. The molecule has 0 bridgehead atoms. The van der Waals surface area contributed by atoms with Crippen molar-refractivity contribution >= 4 is 5.91 Å². The van der Waals surface area contributed by atoms with Crippen LogP contribution in [0.15, 0.2) is 43.0 Å². The van der Waals surface area contributed by atoms with E-state index >= 15 is 0 Å². The minimum Gasteiger partial charge on any atom is -0.391 e. The third-order valence-electron chi connectivity index (χ3n) is 3.03. The maximum Gasteiger partial charge on any atom is 0.251 e. The van der Waals surface area contributed by atoms with E-state index in [1.54, 1.807) is 24.7 Å². The van der Waals surface area contributed by atoms with Crippen LogP contribution in [0, 0.1) is 0 Å². The number of aliphatic hydroxyl groups excluding tert-OH is 1. The molecule has 20 heavy (non-hydrogen) atoms. The SMILES string of the molecule is CCCC(O)CNC(=O)c1cccc(-n2ccnc2)c1. The van der Waals surface area contributed by atoms with Crippen molar-refractivity contribution in [2.24, 2.45) is 0 Å². The average molecular weight is 273 g/mol. The Morgan fingerprint density at radius 1 is 1.50 bits per heavy atom. The largest absolute Gasteiger partial charge is 0.391 e. The minimum absolute atomic E-state index is 0.179. The lowest BCUT2D eigenvalue weighted by Gasteiger charge is -2.11. The predicted octanol–water partition coefficient (Wildman–Crippen LogP) is 1.76. The maximum absolute atomic E-state index is 12.0. The summed E-state index contributed by atoms with van der Waals surface area (Å²) in [5, 5.41) is 12.4. The fourth-order valence-electron chi connectivity index (χ4n) is 1.97. The number of carbonyl (C=O) groups excluding carboxylic acids is 1. The molecule has 1 unspecified atom stereocenters. The molecule has 1 aromatic carbocycles. The van der Waals surface area contributed by atoms with Gasteiger partial charge in [0.05, 0.1) is 12.4 Å². The molecular formula is C15H19N3O2. The topological polar surface area (TPSA) is 67.2 Å². The van der Waals surface area contributed by atoms with Crippen molar-refractivity contribution in [3.63, 3.8) is 0 Å². The zero-order chi connectivity index (χ0) is 14.4. The Morgan fingerprint density at radius 3 is 3.05 bits per heavy atom. The molecule has 5 heteroatoms. The van der Waals surface area contributed by atoms with Crippen LogP contribution in [0.4, 0.5) is 0 Å². The second kappa shape index (κ2) is 6.86. The van der Waals surface area contributed by atoms with Crippen LogP contribution >= 0.6 is 0 Å². The number of aliphatic hydroxyl groups is 1. The molecule has 0 fully saturated rings. The third kappa shape index (κ3) is 3.68. The first-order chi connectivity index (χ1) is 9.70. The molecule has 2 rings (SSSR count). The number of hydrogen-bond acceptors (Lipinski definition) is 3. The zero-order valence-electron chi connectivity index (χ0n) is 11.5. The van der Waals surface area contributed by atoms with Crippen molar-refractivity contribution in [2.45, 2.75) is 25.9 Å². The van der Waals surface area contributed by atoms with Crippen LogP contribution in [0.2, 0.25) is 0 Å². The van der Waals surface area contributed by atoms with Crippen LogP contribution < -0.4 is 5.32 Å². The van der Waals surface area contributed by atoms with Gasteiger partial charge < -0.3 is 15.0 Å². The summed E-state index contributed by atoms with van der Waals surface area (Å²) in [6, 6.07) is 7.28. The van der Waals surface area contributed by atoms with Gasteiger partial charge in [-0.05, 0) is 24.6 Å². The van der Waals surface area contributed by atoms with E-state index in [4.69, 9.17) is 0 Å². The fourth-order valence-corrected chi connectivity index (χ4v) is 1.97. The van der Waals surface area contributed by atoms with Gasteiger partial charge in [-0.15, -0.1) is 0 Å². The van der Waals surface area contributed by atoms with Gasteiger partial charge in [0.2, 0.25) is 0 Å². The number of nitrogens with one attached hydrogen (secondary N) is 1. The van der Waals surface area contributed by atoms with Gasteiger partial charge in [0.1, 0.15) is 0 Å². The summed E-state index contributed by atoms with van der Waals surface area (Å²) in [5.41, 5.74) is 1.45. The van der Waals surface area contributed by atoms with Crippen LogP contribution in [0.5, 0.6) is 0 Å². The van der Waals surface area contributed by atoms with Gasteiger partial charge in [0.25, 0.3) is 5.91 Å². The molecule has 0 saturated carbocycles. The summed E-state index contributed by atoms with van der Waals surface area (Å²) in [4.78, 5) is 16.0. The number of rotatable bonds is 6. The Balaban J connectivity index is 2.02. The Bertz CT molecular complexity index is 552. The number of hydrogen-bond donors (Lipinski definition) is 2. The lowest BCUT2D eigenvalue weighted by molar-refractivity contribution is 0.0910. The van der Waals surface area contributed by atoms with Crippen molar-refractivity contribution < 1.29 is 9.90 Å². The molecule has 5 nitrogen and oxygen atoms in total. The second-order valence-electron chi connectivity index (χ2n) is 4.67. The number of amides is 1. The van der Waals surface area contributed by atoms with Crippen LogP contribution in [0.3, 0.4) is 0 Å². The summed E-state index contributed by atoms with van der Waals surface area (Å²) in [6.45, 7) is 2.28. The number of aromatic nitrogens is 2. The quantitative estimate of drug-likeness (QED) is 0.842. The van der Waals surface area contributed by atoms with Gasteiger partial charge in [0.15, 0.2) is 0 Å².